The lowest BCUT2D eigenvalue weighted by atomic mass is 10.0. The molecule has 0 N–H and O–H groups in total. The Bertz CT molecular complexity index is 577. The van der Waals surface area contributed by atoms with Crippen LogP contribution in [0.25, 0.3) is 0 Å². The molecule has 0 saturated heterocycles. The highest BCUT2D eigenvalue weighted by molar-refractivity contribution is 8.13. The van der Waals surface area contributed by atoms with E-state index in [4.69, 9.17) is 9.47 Å². The highest BCUT2D eigenvalue weighted by atomic mass is 32.2. The maximum Gasteiger partial charge on any atom is 0.325 e. The van der Waals surface area contributed by atoms with Gasteiger partial charge in [-0.2, -0.15) is 0 Å². The van der Waals surface area contributed by atoms with E-state index >= 15 is 0 Å². The highest BCUT2D eigenvalue weighted by Crippen LogP contribution is 2.17. The Morgan fingerprint density at radius 3 is 1.76 bits per heavy atom. The molecular formula is C29H56N2O5S. The van der Waals surface area contributed by atoms with Crippen molar-refractivity contribution in [2.24, 2.45) is 0 Å². The summed E-state index contributed by atoms with van der Waals surface area (Å²) in [5.74, 6) is -0.327. The number of nitrogens with zero attached hydrogens (tertiary/aromatic N) is 2. The average molecular weight is 545 g/mol. The maximum absolute atomic E-state index is 12.9. The summed E-state index contributed by atoms with van der Waals surface area (Å²) in [6.45, 7) is 7.16. The second kappa shape index (κ2) is 25.0. The van der Waals surface area contributed by atoms with Crippen LogP contribution >= 0.6 is 11.8 Å². The first-order valence-corrected chi connectivity index (χ1v) is 15.7. The maximum atomic E-state index is 12.9. The number of ether oxygens (including phenoxy) is 2. The number of rotatable bonds is 24. The zero-order valence-electron chi connectivity index (χ0n) is 24.6. The molecule has 0 spiro atoms. The van der Waals surface area contributed by atoms with Gasteiger partial charge in [0, 0.05) is 12.3 Å². The van der Waals surface area contributed by atoms with E-state index in [-0.39, 0.29) is 24.4 Å². The Kier molecular flexibility index (Phi) is 24.2. The molecular weight excluding hydrogens is 488 g/mol. The summed E-state index contributed by atoms with van der Waals surface area (Å²) in [4.78, 5) is 41.5. The fraction of sp³-hybridized carbons (Fsp3) is 0.897. The lowest BCUT2D eigenvalue weighted by Crippen LogP contribution is -2.40. The molecule has 218 valence electrons. The van der Waals surface area contributed by atoms with Gasteiger partial charge in [0.1, 0.15) is 19.2 Å². The SMILES string of the molecule is CCCCCCCOC(=O)CN(CC(=O)OC(CCCCCC)CCCCCC)C(=O)SCCN(C)C. The van der Waals surface area contributed by atoms with Crippen molar-refractivity contribution in [3.63, 3.8) is 0 Å². The highest BCUT2D eigenvalue weighted by Gasteiger charge is 2.24. The molecule has 0 aromatic carbocycles. The molecule has 0 aliphatic heterocycles. The third kappa shape index (κ3) is 22.4. The number of amides is 1. The number of thioether (sulfide) groups is 1. The van der Waals surface area contributed by atoms with Crippen LogP contribution in [0.4, 0.5) is 4.79 Å². The molecule has 0 saturated carbocycles. The molecule has 0 unspecified atom stereocenters. The lowest BCUT2D eigenvalue weighted by molar-refractivity contribution is -0.151. The van der Waals surface area contributed by atoms with Crippen LogP contribution in [0.1, 0.15) is 117 Å². The first kappa shape index (κ1) is 35.7. The number of hydrogen-bond acceptors (Lipinski definition) is 7. The fourth-order valence-electron chi connectivity index (χ4n) is 3.92. The summed E-state index contributed by atoms with van der Waals surface area (Å²) in [5.41, 5.74) is 0. The van der Waals surface area contributed by atoms with Crippen LogP contribution in [0.15, 0.2) is 0 Å². The summed E-state index contributed by atoms with van der Waals surface area (Å²) in [7, 11) is 3.89. The van der Waals surface area contributed by atoms with Gasteiger partial charge < -0.3 is 19.3 Å². The predicted octanol–water partition coefficient (Wildman–Crippen LogP) is 7.07. The van der Waals surface area contributed by atoms with E-state index in [9.17, 15) is 14.4 Å². The van der Waals surface area contributed by atoms with Crippen LogP contribution in [0.2, 0.25) is 0 Å². The monoisotopic (exact) mass is 544 g/mol. The average Bonchev–Trinajstić information content (AvgIpc) is 2.85. The molecule has 0 aromatic heterocycles. The zero-order valence-corrected chi connectivity index (χ0v) is 25.4. The fourth-order valence-corrected chi connectivity index (χ4v) is 4.87. The van der Waals surface area contributed by atoms with Gasteiger partial charge in [-0.1, -0.05) is 96.7 Å². The van der Waals surface area contributed by atoms with Crippen LogP contribution in [-0.4, -0.2) is 79.2 Å². The lowest BCUT2D eigenvalue weighted by Gasteiger charge is -2.23. The topological polar surface area (TPSA) is 76.1 Å². The number of hydrogen-bond donors (Lipinski definition) is 0. The molecule has 0 rings (SSSR count). The Morgan fingerprint density at radius 2 is 1.22 bits per heavy atom. The van der Waals surface area contributed by atoms with Gasteiger partial charge in [-0.05, 0) is 46.2 Å². The van der Waals surface area contributed by atoms with E-state index in [0.717, 1.165) is 82.5 Å². The molecule has 37 heavy (non-hydrogen) atoms. The van der Waals surface area contributed by atoms with E-state index in [1.165, 1.54) is 37.0 Å². The molecule has 0 fully saturated rings. The van der Waals surface area contributed by atoms with Crippen molar-refractivity contribution < 1.29 is 23.9 Å². The Labute approximate surface area is 231 Å². The van der Waals surface area contributed by atoms with E-state index in [1.807, 2.05) is 19.0 Å². The molecule has 0 radical (unpaired) electrons. The minimum Gasteiger partial charge on any atom is -0.464 e. The van der Waals surface area contributed by atoms with Crippen molar-refractivity contribution in [2.75, 3.05) is 46.1 Å². The Morgan fingerprint density at radius 1 is 0.703 bits per heavy atom. The predicted molar refractivity (Wildman–Crippen MR) is 155 cm³/mol. The van der Waals surface area contributed by atoms with Gasteiger partial charge in [0.15, 0.2) is 0 Å². The van der Waals surface area contributed by atoms with Gasteiger partial charge in [-0.25, -0.2) is 0 Å². The number of carbonyl (C=O) groups is 3. The minimum absolute atomic E-state index is 0.130. The van der Waals surface area contributed by atoms with Crippen molar-refractivity contribution in [2.45, 2.75) is 123 Å². The van der Waals surface area contributed by atoms with Crippen LogP contribution in [0.5, 0.6) is 0 Å². The smallest absolute Gasteiger partial charge is 0.325 e. The zero-order chi connectivity index (χ0) is 27.7. The van der Waals surface area contributed by atoms with Crippen molar-refractivity contribution >= 4 is 28.9 Å². The molecule has 0 aliphatic rings. The molecule has 0 aromatic rings. The van der Waals surface area contributed by atoms with Gasteiger partial charge in [-0.15, -0.1) is 0 Å². The van der Waals surface area contributed by atoms with Crippen LogP contribution in [0, 0.1) is 0 Å². The van der Waals surface area contributed by atoms with Gasteiger partial charge in [0.25, 0.3) is 5.24 Å². The molecule has 0 aliphatic carbocycles. The summed E-state index contributed by atoms with van der Waals surface area (Å²) < 4.78 is 11.2. The summed E-state index contributed by atoms with van der Waals surface area (Å²) in [6.07, 6.45) is 15.9. The second-order valence-electron chi connectivity index (χ2n) is 10.2. The van der Waals surface area contributed by atoms with Gasteiger partial charge in [0.05, 0.1) is 6.61 Å². The van der Waals surface area contributed by atoms with Crippen LogP contribution in [-0.2, 0) is 19.1 Å². The summed E-state index contributed by atoms with van der Waals surface area (Å²) in [6, 6.07) is 0. The standard InChI is InChI=1S/C29H56N2O5S/c1-6-9-12-15-18-22-35-27(32)24-31(29(34)37-23-21-30(4)5)25-28(33)36-26(19-16-13-10-7-2)20-17-14-11-8-3/h26H,6-25H2,1-5H3. The molecule has 8 heteroatoms. The van der Waals surface area contributed by atoms with Crippen LogP contribution < -0.4 is 0 Å². The normalized spacial score (nSPS) is 11.2. The van der Waals surface area contributed by atoms with Crippen molar-refractivity contribution in [1.29, 1.82) is 0 Å². The largest absolute Gasteiger partial charge is 0.464 e. The third-order valence-electron chi connectivity index (χ3n) is 6.23. The molecule has 1 amide bonds. The third-order valence-corrected chi connectivity index (χ3v) is 7.12. The van der Waals surface area contributed by atoms with Gasteiger partial charge in [-0.3, -0.25) is 14.4 Å². The number of unbranched alkanes of at least 4 members (excludes halogenated alkanes) is 10. The van der Waals surface area contributed by atoms with Crippen molar-refractivity contribution in [3.8, 4) is 0 Å². The van der Waals surface area contributed by atoms with Gasteiger partial charge in [0.2, 0.25) is 0 Å². The molecule has 0 atom stereocenters. The summed E-state index contributed by atoms with van der Waals surface area (Å²) in [5, 5.41) is -0.291. The first-order valence-electron chi connectivity index (χ1n) is 14.7. The van der Waals surface area contributed by atoms with Crippen LogP contribution in [0.3, 0.4) is 0 Å². The van der Waals surface area contributed by atoms with E-state index in [1.54, 1.807) is 0 Å². The summed E-state index contributed by atoms with van der Waals surface area (Å²) >= 11 is 1.12. The Hall–Kier alpha value is -1.28. The molecule has 0 bridgehead atoms. The van der Waals surface area contributed by atoms with Crippen molar-refractivity contribution in [3.05, 3.63) is 0 Å². The van der Waals surface area contributed by atoms with E-state index in [0.29, 0.717) is 12.4 Å². The van der Waals surface area contributed by atoms with Crippen molar-refractivity contribution in [1.82, 2.24) is 9.80 Å². The van der Waals surface area contributed by atoms with Gasteiger partial charge >= 0.3 is 11.9 Å². The number of carbonyl (C=O) groups excluding carboxylic acids is 3. The molecule has 7 nitrogen and oxygen atoms in total. The van der Waals surface area contributed by atoms with E-state index in [2.05, 4.69) is 20.8 Å². The van der Waals surface area contributed by atoms with E-state index < -0.39 is 11.9 Å². The molecule has 0 heterocycles. The minimum atomic E-state index is -0.472. The Balaban J connectivity index is 4.94. The second-order valence-corrected chi connectivity index (χ2v) is 11.3. The quantitative estimate of drug-likeness (QED) is 0.0950. The number of esters is 2. The first-order chi connectivity index (χ1) is 17.8.